The van der Waals surface area contributed by atoms with Crippen LogP contribution in [0.1, 0.15) is 31.2 Å². The minimum Gasteiger partial charge on any atom is -0.357 e. The first-order valence-electron chi connectivity index (χ1n) is 12.2. The molecule has 2 N–H and O–H groups in total. The van der Waals surface area contributed by atoms with Crippen molar-refractivity contribution in [3.05, 3.63) is 33.8 Å². The van der Waals surface area contributed by atoms with E-state index in [1.165, 1.54) is 0 Å². The fraction of sp³-hybridized carbons (Fsp3) is 0.583. The van der Waals surface area contributed by atoms with Crippen LogP contribution in [0.3, 0.4) is 0 Å². The molecule has 0 spiro atoms. The lowest BCUT2D eigenvalue weighted by Gasteiger charge is -2.35. The van der Waals surface area contributed by atoms with Gasteiger partial charge in [0.05, 0.1) is 0 Å². The molecular formula is C24H34Cl2N8O. The largest absolute Gasteiger partial charge is 0.357 e. The van der Waals surface area contributed by atoms with Gasteiger partial charge in [-0.3, -0.25) is 4.79 Å². The number of halogens is 2. The molecule has 1 amide bonds. The summed E-state index contributed by atoms with van der Waals surface area (Å²) in [6, 6.07) is 5.60. The zero-order valence-electron chi connectivity index (χ0n) is 20.6. The molecule has 1 aliphatic carbocycles. The van der Waals surface area contributed by atoms with E-state index in [4.69, 9.17) is 28.2 Å². The Morgan fingerprint density at radius 1 is 1.09 bits per heavy atom. The number of piperazine rings is 1. The van der Waals surface area contributed by atoms with Crippen molar-refractivity contribution in [3.63, 3.8) is 0 Å². The van der Waals surface area contributed by atoms with Gasteiger partial charge in [0.1, 0.15) is 0 Å². The first kappa shape index (κ1) is 25.7. The number of nitrogens with zero attached hydrogens (tertiary/aromatic N) is 6. The number of benzene rings is 1. The van der Waals surface area contributed by atoms with E-state index in [9.17, 15) is 4.79 Å². The monoisotopic (exact) mass is 520 g/mol. The fourth-order valence-corrected chi connectivity index (χ4v) is 5.13. The van der Waals surface area contributed by atoms with E-state index in [1.54, 1.807) is 12.1 Å². The van der Waals surface area contributed by atoms with Gasteiger partial charge in [0.15, 0.2) is 0 Å². The minimum absolute atomic E-state index is 0.00199. The molecule has 9 nitrogen and oxygen atoms in total. The van der Waals surface area contributed by atoms with Crippen LogP contribution in [0, 0.1) is 5.92 Å². The zero-order chi connectivity index (χ0) is 24.9. The van der Waals surface area contributed by atoms with Gasteiger partial charge >= 0.3 is 0 Å². The third kappa shape index (κ3) is 6.45. The van der Waals surface area contributed by atoms with E-state index in [0.717, 1.165) is 57.4 Å². The molecule has 35 heavy (non-hydrogen) atoms. The number of rotatable bonds is 7. The molecule has 11 heteroatoms. The Morgan fingerprint density at radius 3 is 2.46 bits per heavy atom. The van der Waals surface area contributed by atoms with Crippen LogP contribution in [0.2, 0.25) is 10.0 Å². The number of aromatic nitrogens is 3. The molecule has 4 rings (SSSR count). The summed E-state index contributed by atoms with van der Waals surface area (Å²) in [5, 5.41) is 7.26. The number of anilines is 3. The molecule has 1 aliphatic heterocycles. The van der Waals surface area contributed by atoms with Crippen LogP contribution in [-0.4, -0.2) is 79.1 Å². The second kappa shape index (κ2) is 11.6. The van der Waals surface area contributed by atoms with Crippen LogP contribution in [0.4, 0.5) is 17.8 Å². The van der Waals surface area contributed by atoms with Crippen LogP contribution in [0.15, 0.2) is 18.2 Å². The normalized spacial score (nSPS) is 21.0. The number of carbonyl (C=O) groups excluding carboxylic acids is 1. The molecular weight excluding hydrogens is 487 g/mol. The Balaban J connectivity index is 1.34. The summed E-state index contributed by atoms with van der Waals surface area (Å²) in [4.78, 5) is 33.5. The SMILES string of the molecule is CNc1nc(N2CCN(C)CC2)nc(N(C)[C@H]2CC[C@@H](C(=O)NCc3ccc(Cl)cc3Cl)CC2)n1. The van der Waals surface area contributed by atoms with Gasteiger partial charge in [-0.15, -0.1) is 0 Å². The summed E-state index contributed by atoms with van der Waals surface area (Å²) >= 11 is 12.2. The van der Waals surface area contributed by atoms with Crippen LogP contribution in [0.5, 0.6) is 0 Å². The lowest BCUT2D eigenvalue weighted by Crippen LogP contribution is -2.45. The van der Waals surface area contributed by atoms with Crippen molar-refractivity contribution in [2.45, 2.75) is 38.3 Å². The third-order valence-electron chi connectivity index (χ3n) is 7.02. The molecule has 2 aliphatic rings. The minimum atomic E-state index is -0.00199. The molecule has 190 valence electrons. The molecule has 1 saturated carbocycles. The highest BCUT2D eigenvalue weighted by Gasteiger charge is 2.30. The Kier molecular flexibility index (Phi) is 8.51. The number of nitrogens with one attached hydrogen (secondary N) is 2. The molecule has 1 aromatic heterocycles. The average molecular weight is 521 g/mol. The van der Waals surface area contributed by atoms with Gasteiger partial charge in [-0.25, -0.2) is 0 Å². The third-order valence-corrected chi connectivity index (χ3v) is 7.61. The Hall–Kier alpha value is -2.36. The van der Waals surface area contributed by atoms with E-state index in [0.29, 0.717) is 34.4 Å². The second-order valence-corrected chi connectivity index (χ2v) is 10.2. The molecule has 2 heterocycles. The van der Waals surface area contributed by atoms with Crippen LogP contribution >= 0.6 is 23.2 Å². The number of amides is 1. The Morgan fingerprint density at radius 2 is 1.80 bits per heavy atom. The predicted molar refractivity (Wildman–Crippen MR) is 142 cm³/mol. The van der Waals surface area contributed by atoms with Crippen molar-refractivity contribution >= 4 is 47.0 Å². The summed E-state index contributed by atoms with van der Waals surface area (Å²) < 4.78 is 0. The fourth-order valence-electron chi connectivity index (χ4n) is 4.65. The van der Waals surface area contributed by atoms with Crippen molar-refractivity contribution in [1.82, 2.24) is 25.2 Å². The maximum Gasteiger partial charge on any atom is 0.232 e. The highest BCUT2D eigenvalue weighted by Crippen LogP contribution is 2.30. The van der Waals surface area contributed by atoms with E-state index >= 15 is 0 Å². The summed E-state index contributed by atoms with van der Waals surface area (Å²) in [7, 11) is 6.00. The van der Waals surface area contributed by atoms with Gasteiger partial charge in [-0.1, -0.05) is 29.3 Å². The standard InChI is InChI=1S/C24H34Cl2N8O/c1-27-22-29-23(31-24(30-22)34-12-10-32(2)11-13-34)33(3)19-8-5-16(6-9-19)21(35)28-15-17-4-7-18(25)14-20(17)26/h4,7,14,16,19H,5-6,8-13,15H2,1-3H3,(H,28,35)(H,27,29,30,31)/t16-,19+. The average Bonchev–Trinajstić information content (AvgIpc) is 2.87. The van der Waals surface area contributed by atoms with Gasteiger partial charge < -0.3 is 25.3 Å². The van der Waals surface area contributed by atoms with Gasteiger partial charge in [0, 0.05) is 68.8 Å². The molecule has 2 fully saturated rings. The highest BCUT2D eigenvalue weighted by atomic mass is 35.5. The summed E-state index contributed by atoms with van der Waals surface area (Å²) in [5.41, 5.74) is 0.865. The summed E-state index contributed by atoms with van der Waals surface area (Å²) in [5.74, 6) is 2.03. The van der Waals surface area contributed by atoms with Crippen molar-refractivity contribution in [2.24, 2.45) is 5.92 Å². The number of hydrogen-bond donors (Lipinski definition) is 2. The van der Waals surface area contributed by atoms with Gasteiger partial charge in [-0.2, -0.15) is 15.0 Å². The number of hydrogen-bond acceptors (Lipinski definition) is 8. The van der Waals surface area contributed by atoms with Crippen LogP contribution < -0.4 is 20.4 Å². The van der Waals surface area contributed by atoms with E-state index in [-0.39, 0.29) is 17.9 Å². The van der Waals surface area contributed by atoms with Crippen LogP contribution in [0.25, 0.3) is 0 Å². The molecule has 1 saturated heterocycles. The van der Waals surface area contributed by atoms with Crippen molar-refractivity contribution < 1.29 is 4.79 Å². The predicted octanol–water partition coefficient (Wildman–Crippen LogP) is 3.28. The van der Waals surface area contributed by atoms with Gasteiger partial charge in [0.25, 0.3) is 0 Å². The second-order valence-electron chi connectivity index (χ2n) is 9.37. The maximum absolute atomic E-state index is 12.8. The number of likely N-dealkylation sites (N-methyl/N-ethyl adjacent to an activating group) is 1. The molecule has 0 radical (unpaired) electrons. The summed E-state index contributed by atoms with van der Waals surface area (Å²) in [6.07, 6.45) is 3.45. The van der Waals surface area contributed by atoms with Crippen LogP contribution in [-0.2, 0) is 11.3 Å². The Labute approximate surface area is 217 Å². The molecule has 2 aromatic rings. The zero-order valence-corrected chi connectivity index (χ0v) is 22.1. The van der Waals surface area contributed by atoms with Gasteiger partial charge in [-0.05, 0) is 50.4 Å². The topological polar surface area (TPSA) is 89.5 Å². The first-order chi connectivity index (χ1) is 16.8. The maximum atomic E-state index is 12.8. The van der Waals surface area contributed by atoms with E-state index < -0.39 is 0 Å². The molecule has 0 unspecified atom stereocenters. The van der Waals surface area contributed by atoms with Crippen molar-refractivity contribution in [2.75, 3.05) is 62.4 Å². The molecule has 1 aromatic carbocycles. The molecule has 0 atom stereocenters. The first-order valence-corrected chi connectivity index (χ1v) is 12.9. The number of carbonyl (C=O) groups is 1. The lowest BCUT2D eigenvalue weighted by atomic mass is 9.85. The smallest absolute Gasteiger partial charge is 0.232 e. The quantitative estimate of drug-likeness (QED) is 0.574. The van der Waals surface area contributed by atoms with E-state index in [1.807, 2.05) is 20.2 Å². The lowest BCUT2D eigenvalue weighted by molar-refractivity contribution is -0.126. The van der Waals surface area contributed by atoms with E-state index in [2.05, 4.69) is 42.3 Å². The van der Waals surface area contributed by atoms with Crippen molar-refractivity contribution in [3.8, 4) is 0 Å². The Bertz CT molecular complexity index is 1020. The molecule has 0 bridgehead atoms. The highest BCUT2D eigenvalue weighted by molar-refractivity contribution is 6.35. The van der Waals surface area contributed by atoms with Crippen molar-refractivity contribution in [1.29, 1.82) is 0 Å². The van der Waals surface area contributed by atoms with Gasteiger partial charge in [0.2, 0.25) is 23.8 Å². The summed E-state index contributed by atoms with van der Waals surface area (Å²) in [6.45, 7) is 4.17.